The van der Waals surface area contributed by atoms with Gasteiger partial charge in [-0.3, -0.25) is 0 Å². The van der Waals surface area contributed by atoms with Crippen molar-refractivity contribution in [3.63, 3.8) is 0 Å². The fourth-order valence-corrected chi connectivity index (χ4v) is 2.62. The van der Waals surface area contributed by atoms with Gasteiger partial charge < -0.3 is 5.11 Å². The third-order valence-electron chi connectivity index (χ3n) is 2.06. The Morgan fingerprint density at radius 1 is 1.44 bits per heavy atom. The summed E-state index contributed by atoms with van der Waals surface area (Å²) >= 11 is 7.28. The Kier molecular flexibility index (Phi) is 3.53. The molecule has 0 spiro atoms. The molecule has 0 aliphatic rings. The van der Waals surface area contributed by atoms with Crippen LogP contribution in [0.2, 0.25) is 5.15 Å². The van der Waals surface area contributed by atoms with Crippen LogP contribution in [-0.4, -0.2) is 16.7 Å². The summed E-state index contributed by atoms with van der Waals surface area (Å²) in [6.45, 7) is 0.0322. The van der Waals surface area contributed by atoms with Gasteiger partial charge in [0.25, 0.3) is 0 Å². The van der Waals surface area contributed by atoms with Crippen LogP contribution >= 0.6 is 22.9 Å². The van der Waals surface area contributed by atoms with Crippen molar-refractivity contribution in [3.05, 3.63) is 40.1 Å². The van der Waals surface area contributed by atoms with Crippen molar-refractivity contribution in [2.45, 2.75) is 6.42 Å². The van der Waals surface area contributed by atoms with Crippen molar-refractivity contribution in [3.8, 4) is 10.6 Å². The number of hydrogen-bond donors (Lipinski definition) is 1. The zero-order valence-corrected chi connectivity index (χ0v) is 9.85. The molecule has 16 heavy (non-hydrogen) atoms. The molecule has 0 fully saturated rings. The fourth-order valence-electron chi connectivity index (χ4n) is 1.33. The van der Waals surface area contributed by atoms with Gasteiger partial charge in [-0.15, -0.1) is 11.3 Å². The van der Waals surface area contributed by atoms with E-state index >= 15 is 0 Å². The van der Waals surface area contributed by atoms with Gasteiger partial charge in [-0.05, 0) is 12.1 Å². The molecule has 2 rings (SSSR count). The minimum atomic E-state index is -0.299. The van der Waals surface area contributed by atoms with Crippen molar-refractivity contribution in [1.29, 1.82) is 0 Å². The molecule has 0 aliphatic heterocycles. The van der Waals surface area contributed by atoms with Crippen molar-refractivity contribution in [2.75, 3.05) is 6.61 Å². The lowest BCUT2D eigenvalue weighted by atomic mass is 10.2. The SMILES string of the molecule is OCCc1sc(-c2cccc(F)c2)nc1Cl. The van der Waals surface area contributed by atoms with E-state index in [1.807, 2.05) is 0 Å². The molecule has 0 aliphatic carbocycles. The lowest BCUT2D eigenvalue weighted by Crippen LogP contribution is -1.86. The van der Waals surface area contributed by atoms with Gasteiger partial charge in [0, 0.05) is 23.5 Å². The zero-order valence-electron chi connectivity index (χ0n) is 8.28. The largest absolute Gasteiger partial charge is 0.396 e. The first-order valence-electron chi connectivity index (χ1n) is 4.72. The molecule has 0 saturated heterocycles. The topological polar surface area (TPSA) is 33.1 Å². The number of benzene rings is 1. The molecule has 0 amide bonds. The van der Waals surface area contributed by atoms with Crippen LogP contribution in [0.3, 0.4) is 0 Å². The van der Waals surface area contributed by atoms with Crippen LogP contribution in [-0.2, 0) is 6.42 Å². The van der Waals surface area contributed by atoms with Gasteiger partial charge in [0.2, 0.25) is 0 Å². The summed E-state index contributed by atoms with van der Waals surface area (Å²) in [4.78, 5) is 4.97. The van der Waals surface area contributed by atoms with E-state index in [0.29, 0.717) is 22.1 Å². The lowest BCUT2D eigenvalue weighted by Gasteiger charge is -1.94. The first-order chi connectivity index (χ1) is 7.70. The van der Waals surface area contributed by atoms with Crippen LogP contribution in [0.5, 0.6) is 0 Å². The highest BCUT2D eigenvalue weighted by atomic mass is 35.5. The molecule has 1 N–H and O–H groups in total. The summed E-state index contributed by atoms with van der Waals surface area (Å²) < 4.78 is 13.0. The second kappa shape index (κ2) is 4.91. The van der Waals surface area contributed by atoms with E-state index in [2.05, 4.69) is 4.98 Å². The second-order valence-corrected chi connectivity index (χ2v) is 4.66. The maximum Gasteiger partial charge on any atom is 0.143 e. The van der Waals surface area contributed by atoms with Crippen molar-refractivity contribution < 1.29 is 9.50 Å². The summed E-state index contributed by atoms with van der Waals surface area (Å²) in [6.07, 6.45) is 0.478. The first-order valence-corrected chi connectivity index (χ1v) is 5.92. The van der Waals surface area contributed by atoms with Gasteiger partial charge >= 0.3 is 0 Å². The summed E-state index contributed by atoms with van der Waals surface area (Å²) in [5.41, 5.74) is 0.705. The summed E-state index contributed by atoms with van der Waals surface area (Å²) in [6, 6.07) is 6.21. The molecule has 0 atom stereocenters. The van der Waals surface area contributed by atoms with E-state index in [0.717, 1.165) is 4.88 Å². The summed E-state index contributed by atoms with van der Waals surface area (Å²) in [5.74, 6) is -0.299. The predicted molar refractivity (Wildman–Crippen MR) is 63.3 cm³/mol. The molecule has 1 aromatic carbocycles. The Bertz CT molecular complexity index is 500. The molecule has 5 heteroatoms. The minimum Gasteiger partial charge on any atom is -0.396 e. The smallest absolute Gasteiger partial charge is 0.143 e. The van der Waals surface area contributed by atoms with E-state index in [1.165, 1.54) is 23.5 Å². The number of aromatic nitrogens is 1. The molecular weight excluding hydrogens is 249 g/mol. The molecular formula is C11H9ClFNOS. The normalized spacial score (nSPS) is 10.7. The van der Waals surface area contributed by atoms with Crippen LogP contribution in [0.15, 0.2) is 24.3 Å². The highest BCUT2D eigenvalue weighted by molar-refractivity contribution is 7.15. The highest BCUT2D eigenvalue weighted by Crippen LogP contribution is 2.31. The van der Waals surface area contributed by atoms with Gasteiger partial charge in [0.05, 0.1) is 0 Å². The Hall–Kier alpha value is -0.970. The number of halogens is 2. The zero-order chi connectivity index (χ0) is 11.5. The van der Waals surface area contributed by atoms with Crippen LogP contribution < -0.4 is 0 Å². The molecule has 0 bridgehead atoms. The quantitative estimate of drug-likeness (QED) is 0.916. The number of rotatable bonds is 3. The molecule has 1 aromatic heterocycles. The molecule has 1 heterocycles. The third kappa shape index (κ3) is 2.40. The van der Waals surface area contributed by atoms with Crippen LogP contribution in [0, 0.1) is 5.82 Å². The Morgan fingerprint density at radius 2 is 2.25 bits per heavy atom. The molecule has 0 unspecified atom stereocenters. The van der Waals surface area contributed by atoms with Crippen molar-refractivity contribution >= 4 is 22.9 Å². The second-order valence-electron chi connectivity index (χ2n) is 3.22. The molecule has 0 radical (unpaired) electrons. The Balaban J connectivity index is 2.37. The minimum absolute atomic E-state index is 0.0322. The van der Waals surface area contributed by atoms with E-state index < -0.39 is 0 Å². The monoisotopic (exact) mass is 257 g/mol. The Labute approximate surface area is 101 Å². The standard InChI is InChI=1S/C11H9ClFNOS/c12-10-9(4-5-15)16-11(14-10)7-2-1-3-8(13)6-7/h1-3,6,15H,4-5H2. The average molecular weight is 258 g/mol. The van der Waals surface area contributed by atoms with E-state index in [4.69, 9.17) is 16.7 Å². The third-order valence-corrected chi connectivity index (χ3v) is 3.65. The number of aliphatic hydroxyl groups excluding tert-OH is 1. The van der Waals surface area contributed by atoms with Crippen LogP contribution in [0.1, 0.15) is 4.88 Å². The molecule has 2 nitrogen and oxygen atoms in total. The number of hydrogen-bond acceptors (Lipinski definition) is 3. The van der Waals surface area contributed by atoms with Crippen molar-refractivity contribution in [1.82, 2.24) is 4.98 Å². The van der Waals surface area contributed by atoms with Crippen LogP contribution in [0.25, 0.3) is 10.6 Å². The predicted octanol–water partition coefficient (Wildman–Crippen LogP) is 3.14. The maximum absolute atomic E-state index is 13.0. The lowest BCUT2D eigenvalue weighted by molar-refractivity contribution is 0.300. The number of thiazole rings is 1. The van der Waals surface area contributed by atoms with Gasteiger partial charge in [-0.2, -0.15) is 0 Å². The van der Waals surface area contributed by atoms with Gasteiger partial charge in [0.1, 0.15) is 16.0 Å². The molecule has 2 aromatic rings. The van der Waals surface area contributed by atoms with Crippen LogP contribution in [0.4, 0.5) is 4.39 Å². The summed E-state index contributed by atoms with van der Waals surface area (Å²) in [7, 11) is 0. The van der Waals surface area contributed by atoms with E-state index in [1.54, 1.807) is 12.1 Å². The van der Waals surface area contributed by atoms with Crippen molar-refractivity contribution in [2.24, 2.45) is 0 Å². The maximum atomic E-state index is 13.0. The van der Waals surface area contributed by atoms with Gasteiger partial charge in [-0.1, -0.05) is 23.7 Å². The molecule has 84 valence electrons. The Morgan fingerprint density at radius 3 is 2.94 bits per heavy atom. The summed E-state index contributed by atoms with van der Waals surface area (Å²) in [5, 5.41) is 9.89. The van der Waals surface area contributed by atoms with Gasteiger partial charge in [-0.25, -0.2) is 9.37 Å². The average Bonchev–Trinajstić information content (AvgIpc) is 2.61. The highest BCUT2D eigenvalue weighted by Gasteiger charge is 2.10. The fraction of sp³-hybridized carbons (Fsp3) is 0.182. The van der Waals surface area contributed by atoms with E-state index in [-0.39, 0.29) is 12.4 Å². The first kappa shape index (κ1) is 11.5. The van der Waals surface area contributed by atoms with E-state index in [9.17, 15) is 4.39 Å². The number of aliphatic hydroxyl groups is 1. The molecule has 0 saturated carbocycles. The number of nitrogens with zero attached hydrogens (tertiary/aromatic N) is 1. The van der Waals surface area contributed by atoms with Gasteiger partial charge in [0.15, 0.2) is 0 Å².